The maximum Gasteiger partial charge on any atom is 0.242 e. The summed E-state index contributed by atoms with van der Waals surface area (Å²) in [6.07, 6.45) is 8.78. The fourth-order valence-electron chi connectivity index (χ4n) is 3.18. The van der Waals surface area contributed by atoms with Crippen LogP contribution in [0.25, 0.3) is 0 Å². The van der Waals surface area contributed by atoms with Gasteiger partial charge in [0.05, 0.1) is 5.54 Å². The predicted octanol–water partition coefficient (Wildman–Crippen LogP) is 2.30. The van der Waals surface area contributed by atoms with Crippen LogP contribution in [-0.2, 0) is 4.79 Å². The lowest BCUT2D eigenvalue weighted by atomic mass is 9.81. The molecule has 1 unspecified atom stereocenters. The van der Waals surface area contributed by atoms with Crippen molar-refractivity contribution in [3.05, 3.63) is 0 Å². The third-order valence-electron chi connectivity index (χ3n) is 4.48. The molecule has 0 aromatic rings. The zero-order valence-electron chi connectivity index (χ0n) is 11.1. The van der Waals surface area contributed by atoms with Gasteiger partial charge < -0.3 is 10.6 Å². The van der Waals surface area contributed by atoms with E-state index >= 15 is 0 Å². The molecule has 2 fully saturated rings. The van der Waals surface area contributed by atoms with Crippen LogP contribution < -0.4 is 5.73 Å². The van der Waals surface area contributed by atoms with Crippen molar-refractivity contribution < 1.29 is 4.79 Å². The predicted molar refractivity (Wildman–Crippen MR) is 69.6 cm³/mol. The number of hydrogen-bond donors (Lipinski definition) is 1. The second-order valence-electron chi connectivity index (χ2n) is 6.05. The Morgan fingerprint density at radius 3 is 2.53 bits per heavy atom. The highest BCUT2D eigenvalue weighted by Crippen LogP contribution is 2.29. The Balaban J connectivity index is 1.98. The van der Waals surface area contributed by atoms with Gasteiger partial charge in [0, 0.05) is 13.1 Å². The molecule has 1 atom stereocenters. The lowest BCUT2D eigenvalue weighted by Crippen LogP contribution is -2.56. The molecular weight excluding hydrogens is 212 g/mol. The highest BCUT2D eigenvalue weighted by Gasteiger charge is 2.38. The number of hydrogen-bond acceptors (Lipinski definition) is 2. The first-order valence-electron chi connectivity index (χ1n) is 7.20. The van der Waals surface area contributed by atoms with Gasteiger partial charge in [0.25, 0.3) is 0 Å². The van der Waals surface area contributed by atoms with Crippen molar-refractivity contribution in [3.63, 3.8) is 0 Å². The lowest BCUT2D eigenvalue weighted by Gasteiger charge is -2.36. The maximum atomic E-state index is 12.5. The Bertz CT molecular complexity index is 271. The second kappa shape index (κ2) is 5.38. The van der Waals surface area contributed by atoms with Crippen LogP contribution in [0, 0.1) is 5.92 Å². The van der Waals surface area contributed by atoms with Gasteiger partial charge in [-0.25, -0.2) is 0 Å². The van der Waals surface area contributed by atoms with Crippen LogP contribution in [-0.4, -0.2) is 29.4 Å². The van der Waals surface area contributed by atoms with E-state index in [0.29, 0.717) is 0 Å². The molecule has 2 N–H and O–H groups in total. The van der Waals surface area contributed by atoms with Crippen molar-refractivity contribution in [2.45, 2.75) is 63.8 Å². The van der Waals surface area contributed by atoms with Crippen LogP contribution in [0.15, 0.2) is 0 Å². The van der Waals surface area contributed by atoms with E-state index in [0.717, 1.165) is 57.5 Å². The molecule has 0 aromatic carbocycles. The average molecular weight is 238 g/mol. The maximum absolute atomic E-state index is 12.5. The Kier molecular flexibility index (Phi) is 4.08. The molecule has 17 heavy (non-hydrogen) atoms. The standard InChI is InChI=1S/C14H26N2O/c1-12-6-5-10-16(11-7-12)13(17)14(15)8-3-2-4-9-14/h12H,2-11,15H2,1H3. The summed E-state index contributed by atoms with van der Waals surface area (Å²) in [7, 11) is 0. The third-order valence-corrected chi connectivity index (χ3v) is 4.48. The molecule has 2 rings (SSSR count). The molecule has 1 amide bonds. The molecule has 0 radical (unpaired) electrons. The molecule has 3 heteroatoms. The summed E-state index contributed by atoms with van der Waals surface area (Å²) in [5.74, 6) is 0.985. The zero-order valence-corrected chi connectivity index (χ0v) is 11.1. The SMILES string of the molecule is CC1CCCN(C(=O)C2(N)CCCCC2)CC1. The topological polar surface area (TPSA) is 46.3 Å². The van der Waals surface area contributed by atoms with Crippen molar-refractivity contribution >= 4 is 5.91 Å². The van der Waals surface area contributed by atoms with Gasteiger partial charge in [0.15, 0.2) is 0 Å². The van der Waals surface area contributed by atoms with E-state index in [1.54, 1.807) is 0 Å². The highest BCUT2D eigenvalue weighted by atomic mass is 16.2. The summed E-state index contributed by atoms with van der Waals surface area (Å²) in [6.45, 7) is 4.12. The van der Waals surface area contributed by atoms with Crippen LogP contribution in [0.2, 0.25) is 0 Å². The van der Waals surface area contributed by atoms with E-state index in [9.17, 15) is 4.79 Å². The van der Waals surface area contributed by atoms with E-state index in [1.165, 1.54) is 12.8 Å². The molecule has 1 aliphatic carbocycles. The van der Waals surface area contributed by atoms with Gasteiger partial charge in [-0.2, -0.15) is 0 Å². The average Bonchev–Trinajstić information content (AvgIpc) is 2.54. The third kappa shape index (κ3) is 3.01. The minimum Gasteiger partial charge on any atom is -0.341 e. The Hall–Kier alpha value is -0.570. The first-order valence-corrected chi connectivity index (χ1v) is 7.20. The molecule has 0 bridgehead atoms. The fourth-order valence-corrected chi connectivity index (χ4v) is 3.18. The second-order valence-corrected chi connectivity index (χ2v) is 6.05. The monoisotopic (exact) mass is 238 g/mol. The van der Waals surface area contributed by atoms with Crippen molar-refractivity contribution in [1.29, 1.82) is 0 Å². The van der Waals surface area contributed by atoms with Gasteiger partial charge in [-0.1, -0.05) is 26.2 Å². The Morgan fingerprint density at radius 1 is 1.12 bits per heavy atom. The summed E-state index contributed by atoms with van der Waals surface area (Å²) >= 11 is 0. The number of likely N-dealkylation sites (tertiary alicyclic amines) is 1. The first kappa shape index (κ1) is 12.9. The first-order chi connectivity index (χ1) is 8.12. The van der Waals surface area contributed by atoms with E-state index < -0.39 is 5.54 Å². The molecule has 2 aliphatic rings. The van der Waals surface area contributed by atoms with E-state index in [-0.39, 0.29) is 5.91 Å². The van der Waals surface area contributed by atoms with E-state index in [2.05, 4.69) is 6.92 Å². The van der Waals surface area contributed by atoms with E-state index in [1.807, 2.05) is 4.90 Å². The minimum atomic E-state index is -0.536. The molecule has 98 valence electrons. The van der Waals surface area contributed by atoms with E-state index in [4.69, 9.17) is 5.73 Å². The Labute approximate surface area is 105 Å². The molecule has 0 spiro atoms. The van der Waals surface area contributed by atoms with Crippen LogP contribution in [0.5, 0.6) is 0 Å². The normalized spacial score (nSPS) is 29.8. The molecule has 1 saturated carbocycles. The molecule has 3 nitrogen and oxygen atoms in total. The van der Waals surface area contributed by atoms with Gasteiger partial charge in [-0.05, 0) is 38.0 Å². The summed E-state index contributed by atoms with van der Waals surface area (Å²) in [4.78, 5) is 14.6. The lowest BCUT2D eigenvalue weighted by molar-refractivity contribution is -0.138. The largest absolute Gasteiger partial charge is 0.341 e. The van der Waals surface area contributed by atoms with Crippen LogP contribution in [0.1, 0.15) is 58.3 Å². The van der Waals surface area contributed by atoms with Crippen molar-refractivity contribution in [3.8, 4) is 0 Å². The molecule has 1 heterocycles. The van der Waals surface area contributed by atoms with Gasteiger partial charge in [0.1, 0.15) is 0 Å². The number of carbonyl (C=O) groups excluding carboxylic acids is 1. The summed E-state index contributed by atoms with van der Waals surface area (Å²) in [6, 6.07) is 0. The number of amides is 1. The van der Waals surface area contributed by atoms with Gasteiger partial charge in [-0.15, -0.1) is 0 Å². The summed E-state index contributed by atoms with van der Waals surface area (Å²) in [5, 5.41) is 0. The summed E-state index contributed by atoms with van der Waals surface area (Å²) in [5.41, 5.74) is 5.79. The summed E-state index contributed by atoms with van der Waals surface area (Å²) < 4.78 is 0. The van der Waals surface area contributed by atoms with Crippen molar-refractivity contribution in [2.24, 2.45) is 11.7 Å². The van der Waals surface area contributed by atoms with Crippen LogP contribution in [0.3, 0.4) is 0 Å². The number of nitrogens with zero attached hydrogens (tertiary/aromatic N) is 1. The number of nitrogens with two attached hydrogens (primary N) is 1. The molecule has 1 aliphatic heterocycles. The number of rotatable bonds is 1. The molecular formula is C14H26N2O. The quantitative estimate of drug-likeness (QED) is 0.762. The van der Waals surface area contributed by atoms with Gasteiger partial charge >= 0.3 is 0 Å². The molecule has 0 aromatic heterocycles. The highest BCUT2D eigenvalue weighted by molar-refractivity contribution is 5.86. The van der Waals surface area contributed by atoms with Crippen LogP contribution in [0.4, 0.5) is 0 Å². The molecule has 1 saturated heterocycles. The number of carbonyl (C=O) groups is 1. The van der Waals surface area contributed by atoms with Gasteiger partial charge in [0.2, 0.25) is 5.91 Å². The Morgan fingerprint density at radius 2 is 1.82 bits per heavy atom. The van der Waals surface area contributed by atoms with Crippen molar-refractivity contribution in [2.75, 3.05) is 13.1 Å². The minimum absolute atomic E-state index is 0.228. The zero-order chi connectivity index (χ0) is 12.3. The van der Waals surface area contributed by atoms with Gasteiger partial charge in [-0.3, -0.25) is 4.79 Å². The fraction of sp³-hybridized carbons (Fsp3) is 0.929. The van der Waals surface area contributed by atoms with Crippen molar-refractivity contribution in [1.82, 2.24) is 4.90 Å². The van der Waals surface area contributed by atoms with Crippen LogP contribution >= 0.6 is 0 Å². The smallest absolute Gasteiger partial charge is 0.242 e.